The Morgan fingerprint density at radius 2 is 1.88 bits per heavy atom. The van der Waals surface area contributed by atoms with Gasteiger partial charge in [0, 0.05) is 18.1 Å². The lowest BCUT2D eigenvalue weighted by molar-refractivity contribution is -0.138. The van der Waals surface area contributed by atoms with Crippen LogP contribution in [0.15, 0.2) is 30.4 Å². The summed E-state index contributed by atoms with van der Waals surface area (Å²) in [6.45, 7) is 5.22. The largest absolute Gasteiger partial charge is 0.508 e. The van der Waals surface area contributed by atoms with Crippen LogP contribution in [-0.4, -0.2) is 22.8 Å². The minimum atomic E-state index is -0.440. The second kappa shape index (κ2) is 5.21. The third-order valence-electron chi connectivity index (χ3n) is 1.93. The molecule has 86 valence electrons. The molecule has 4 heteroatoms. The SMILES string of the molecule is C=C(C)C(=O)OCCc1cc(O)cc(O)c1. The highest BCUT2D eigenvalue weighted by Gasteiger charge is 2.04. The minimum absolute atomic E-state index is 0.0128. The maximum atomic E-state index is 11.0. The minimum Gasteiger partial charge on any atom is -0.508 e. The van der Waals surface area contributed by atoms with Crippen LogP contribution in [0.1, 0.15) is 12.5 Å². The molecule has 0 aromatic heterocycles. The summed E-state index contributed by atoms with van der Waals surface area (Å²) in [6.07, 6.45) is 0.432. The Morgan fingerprint density at radius 1 is 1.31 bits per heavy atom. The molecule has 16 heavy (non-hydrogen) atoms. The van der Waals surface area contributed by atoms with Crippen LogP contribution in [0.5, 0.6) is 11.5 Å². The van der Waals surface area contributed by atoms with Gasteiger partial charge in [0.25, 0.3) is 0 Å². The fourth-order valence-corrected chi connectivity index (χ4v) is 1.19. The monoisotopic (exact) mass is 222 g/mol. The third-order valence-corrected chi connectivity index (χ3v) is 1.93. The van der Waals surface area contributed by atoms with Crippen molar-refractivity contribution in [1.29, 1.82) is 0 Å². The van der Waals surface area contributed by atoms with Crippen molar-refractivity contribution in [3.05, 3.63) is 35.9 Å². The van der Waals surface area contributed by atoms with Crippen LogP contribution in [-0.2, 0) is 16.0 Å². The number of phenols is 2. The predicted molar refractivity (Wildman–Crippen MR) is 59.2 cm³/mol. The van der Waals surface area contributed by atoms with Crippen LogP contribution in [0, 0.1) is 0 Å². The van der Waals surface area contributed by atoms with E-state index in [-0.39, 0.29) is 18.1 Å². The fourth-order valence-electron chi connectivity index (χ4n) is 1.19. The molecule has 1 aromatic carbocycles. The summed E-state index contributed by atoms with van der Waals surface area (Å²) in [5, 5.41) is 18.4. The Morgan fingerprint density at radius 3 is 2.38 bits per heavy atom. The summed E-state index contributed by atoms with van der Waals surface area (Å²) in [7, 11) is 0. The molecule has 0 heterocycles. The average molecular weight is 222 g/mol. The van der Waals surface area contributed by atoms with Gasteiger partial charge >= 0.3 is 5.97 Å². The average Bonchev–Trinajstić information content (AvgIpc) is 2.15. The molecule has 0 saturated heterocycles. The molecule has 0 radical (unpaired) electrons. The first-order chi connectivity index (χ1) is 7.49. The molecular weight excluding hydrogens is 208 g/mol. The Balaban J connectivity index is 2.49. The normalized spacial score (nSPS) is 9.81. The van der Waals surface area contributed by atoms with Gasteiger partial charge in [-0.3, -0.25) is 0 Å². The smallest absolute Gasteiger partial charge is 0.333 e. The number of rotatable bonds is 4. The number of carbonyl (C=O) groups is 1. The van der Waals surface area contributed by atoms with Crippen LogP contribution in [0.25, 0.3) is 0 Å². The maximum Gasteiger partial charge on any atom is 0.333 e. The van der Waals surface area contributed by atoms with E-state index in [0.717, 1.165) is 0 Å². The Labute approximate surface area is 93.8 Å². The van der Waals surface area contributed by atoms with Gasteiger partial charge in [-0.05, 0) is 24.6 Å². The number of hydrogen-bond donors (Lipinski definition) is 2. The molecule has 0 amide bonds. The number of carbonyl (C=O) groups excluding carboxylic acids is 1. The van der Waals surface area contributed by atoms with Gasteiger partial charge in [0.05, 0.1) is 6.61 Å². The van der Waals surface area contributed by atoms with Crippen molar-refractivity contribution in [1.82, 2.24) is 0 Å². The van der Waals surface area contributed by atoms with Gasteiger partial charge in [-0.15, -0.1) is 0 Å². The zero-order valence-electron chi connectivity index (χ0n) is 9.06. The highest BCUT2D eigenvalue weighted by molar-refractivity contribution is 5.86. The predicted octanol–water partition coefficient (Wildman–Crippen LogP) is 1.76. The summed E-state index contributed by atoms with van der Waals surface area (Å²) < 4.78 is 4.89. The molecule has 0 atom stereocenters. The molecule has 0 aliphatic heterocycles. The summed E-state index contributed by atoms with van der Waals surface area (Å²) in [4.78, 5) is 11.0. The van der Waals surface area contributed by atoms with Crippen molar-refractivity contribution in [2.75, 3.05) is 6.61 Å². The molecule has 4 nitrogen and oxygen atoms in total. The Kier molecular flexibility index (Phi) is 3.94. The lowest BCUT2D eigenvalue weighted by atomic mass is 10.1. The summed E-state index contributed by atoms with van der Waals surface area (Å²) >= 11 is 0. The number of aromatic hydroxyl groups is 2. The van der Waals surface area contributed by atoms with E-state index in [4.69, 9.17) is 4.74 Å². The zero-order chi connectivity index (χ0) is 12.1. The van der Waals surface area contributed by atoms with E-state index in [1.54, 1.807) is 6.92 Å². The number of benzene rings is 1. The van der Waals surface area contributed by atoms with E-state index in [0.29, 0.717) is 17.6 Å². The van der Waals surface area contributed by atoms with Crippen molar-refractivity contribution in [3.63, 3.8) is 0 Å². The van der Waals surface area contributed by atoms with Gasteiger partial charge in [-0.25, -0.2) is 4.79 Å². The van der Waals surface area contributed by atoms with Crippen LogP contribution < -0.4 is 0 Å². The van der Waals surface area contributed by atoms with Gasteiger partial charge in [0.15, 0.2) is 0 Å². The molecule has 0 aliphatic rings. The molecule has 1 rings (SSSR count). The van der Waals surface area contributed by atoms with Crippen molar-refractivity contribution in [2.45, 2.75) is 13.3 Å². The van der Waals surface area contributed by atoms with E-state index < -0.39 is 5.97 Å². The van der Waals surface area contributed by atoms with Gasteiger partial charge < -0.3 is 14.9 Å². The Bertz CT molecular complexity index is 389. The highest BCUT2D eigenvalue weighted by Crippen LogP contribution is 2.20. The van der Waals surface area contributed by atoms with Gasteiger partial charge in [-0.2, -0.15) is 0 Å². The standard InChI is InChI=1S/C12H14O4/c1-8(2)12(15)16-4-3-9-5-10(13)7-11(14)6-9/h5-7,13-14H,1,3-4H2,2H3. The van der Waals surface area contributed by atoms with Crippen LogP contribution >= 0.6 is 0 Å². The van der Waals surface area contributed by atoms with Gasteiger partial charge in [0.2, 0.25) is 0 Å². The molecule has 0 saturated carbocycles. The molecule has 0 fully saturated rings. The van der Waals surface area contributed by atoms with Crippen molar-refractivity contribution in [2.24, 2.45) is 0 Å². The summed E-state index contributed by atoms with van der Waals surface area (Å²) in [6, 6.07) is 4.26. The number of hydrogen-bond acceptors (Lipinski definition) is 4. The number of ether oxygens (including phenoxy) is 1. The van der Waals surface area contributed by atoms with E-state index >= 15 is 0 Å². The third kappa shape index (κ3) is 3.65. The van der Waals surface area contributed by atoms with Crippen LogP contribution in [0.3, 0.4) is 0 Å². The lowest BCUT2D eigenvalue weighted by Gasteiger charge is -2.05. The molecule has 0 aliphatic carbocycles. The molecular formula is C12H14O4. The molecule has 1 aromatic rings. The summed E-state index contributed by atoms with van der Waals surface area (Å²) in [5.41, 5.74) is 1.05. The fraction of sp³-hybridized carbons (Fsp3) is 0.250. The first kappa shape index (κ1) is 12.1. The van der Waals surface area contributed by atoms with E-state index in [2.05, 4.69) is 6.58 Å². The van der Waals surface area contributed by atoms with Crippen molar-refractivity contribution >= 4 is 5.97 Å². The van der Waals surface area contributed by atoms with Crippen molar-refractivity contribution < 1.29 is 19.7 Å². The Hall–Kier alpha value is -1.97. The van der Waals surface area contributed by atoms with Crippen LogP contribution in [0.2, 0.25) is 0 Å². The van der Waals surface area contributed by atoms with Crippen molar-refractivity contribution in [3.8, 4) is 11.5 Å². The number of phenolic OH excluding ortho intramolecular Hbond substituents is 2. The van der Waals surface area contributed by atoms with E-state index in [1.165, 1.54) is 18.2 Å². The summed E-state index contributed by atoms with van der Waals surface area (Å²) in [5.74, 6) is -0.466. The molecule has 0 bridgehead atoms. The van der Waals surface area contributed by atoms with E-state index in [9.17, 15) is 15.0 Å². The molecule has 0 unspecified atom stereocenters. The van der Waals surface area contributed by atoms with E-state index in [1.807, 2.05) is 0 Å². The quantitative estimate of drug-likeness (QED) is 0.601. The lowest BCUT2D eigenvalue weighted by Crippen LogP contribution is -2.07. The maximum absolute atomic E-state index is 11.0. The zero-order valence-corrected chi connectivity index (χ0v) is 9.06. The second-order valence-electron chi connectivity index (χ2n) is 3.52. The first-order valence-corrected chi connectivity index (χ1v) is 4.83. The highest BCUT2D eigenvalue weighted by atomic mass is 16.5. The topological polar surface area (TPSA) is 66.8 Å². The van der Waals surface area contributed by atoms with Gasteiger partial charge in [0.1, 0.15) is 11.5 Å². The number of esters is 1. The first-order valence-electron chi connectivity index (χ1n) is 4.83. The second-order valence-corrected chi connectivity index (χ2v) is 3.52. The molecule has 2 N–H and O–H groups in total. The van der Waals surface area contributed by atoms with Gasteiger partial charge in [-0.1, -0.05) is 6.58 Å². The van der Waals surface area contributed by atoms with Crippen LogP contribution in [0.4, 0.5) is 0 Å². The molecule has 0 spiro atoms.